The van der Waals surface area contributed by atoms with Crippen LogP contribution in [-0.4, -0.2) is 24.7 Å². The van der Waals surface area contributed by atoms with Gasteiger partial charge in [-0.2, -0.15) is 0 Å². The van der Waals surface area contributed by atoms with Gasteiger partial charge in [0.1, 0.15) is 5.60 Å². The van der Waals surface area contributed by atoms with Crippen LogP contribution in [0.1, 0.15) is 32.3 Å². The monoisotopic (exact) mass is 305 g/mol. The van der Waals surface area contributed by atoms with Crippen molar-refractivity contribution in [2.24, 2.45) is 5.92 Å². The van der Waals surface area contributed by atoms with Crippen LogP contribution in [0.2, 0.25) is 5.02 Å². The molecule has 1 heterocycles. The van der Waals surface area contributed by atoms with Crippen LogP contribution in [0, 0.1) is 17.8 Å². The van der Waals surface area contributed by atoms with Crippen LogP contribution >= 0.6 is 11.6 Å². The molecule has 0 bridgehead atoms. The lowest BCUT2D eigenvalue weighted by atomic mass is 9.83. The maximum absolute atomic E-state index is 11.9. The molecule has 2 rings (SSSR count). The highest BCUT2D eigenvalue weighted by Crippen LogP contribution is 2.28. The second kappa shape index (κ2) is 6.98. The van der Waals surface area contributed by atoms with Gasteiger partial charge in [0, 0.05) is 22.4 Å². The van der Waals surface area contributed by atoms with Gasteiger partial charge in [-0.05, 0) is 64.0 Å². The Hall–Kier alpha value is -1.50. The van der Waals surface area contributed by atoms with Gasteiger partial charge < -0.3 is 10.1 Å². The van der Waals surface area contributed by atoms with Crippen molar-refractivity contribution in [3.05, 3.63) is 34.9 Å². The van der Waals surface area contributed by atoms with E-state index in [2.05, 4.69) is 17.2 Å². The minimum absolute atomic E-state index is 0.375. The molecule has 3 nitrogen and oxygen atoms in total. The molecule has 0 atom stereocenters. The van der Waals surface area contributed by atoms with E-state index in [4.69, 9.17) is 16.3 Å². The van der Waals surface area contributed by atoms with Gasteiger partial charge in [-0.15, -0.1) is 0 Å². The highest BCUT2D eigenvalue weighted by molar-refractivity contribution is 6.30. The lowest BCUT2D eigenvalue weighted by Crippen LogP contribution is -2.42. The van der Waals surface area contributed by atoms with Gasteiger partial charge in [-0.25, -0.2) is 4.79 Å². The maximum atomic E-state index is 11.9. The second-order valence-corrected chi connectivity index (χ2v) is 6.21. The number of halogens is 1. The van der Waals surface area contributed by atoms with Crippen molar-refractivity contribution in [1.82, 2.24) is 5.32 Å². The van der Waals surface area contributed by atoms with Crippen LogP contribution in [0.5, 0.6) is 0 Å². The second-order valence-electron chi connectivity index (χ2n) is 5.77. The molecular formula is C17H20ClNO2. The van der Waals surface area contributed by atoms with Gasteiger partial charge in [-0.3, -0.25) is 0 Å². The van der Waals surface area contributed by atoms with E-state index in [1.165, 1.54) is 0 Å². The molecule has 0 amide bonds. The van der Waals surface area contributed by atoms with Gasteiger partial charge in [0.25, 0.3) is 0 Å². The summed E-state index contributed by atoms with van der Waals surface area (Å²) in [7, 11) is 0. The van der Waals surface area contributed by atoms with Gasteiger partial charge in [0.2, 0.25) is 0 Å². The Bertz CT molecular complexity index is 548. The molecule has 1 fully saturated rings. The third-order valence-electron chi connectivity index (χ3n) is 3.83. The molecule has 0 aliphatic carbocycles. The molecule has 0 spiro atoms. The van der Waals surface area contributed by atoms with Crippen molar-refractivity contribution in [2.45, 2.75) is 32.3 Å². The Morgan fingerprint density at radius 1 is 1.29 bits per heavy atom. The van der Waals surface area contributed by atoms with Crippen molar-refractivity contribution < 1.29 is 9.53 Å². The Balaban J connectivity index is 1.96. The van der Waals surface area contributed by atoms with E-state index >= 15 is 0 Å². The van der Waals surface area contributed by atoms with Crippen LogP contribution in [0.25, 0.3) is 0 Å². The normalized spacial score (nSPS) is 16.0. The molecule has 1 aliphatic heterocycles. The number of nitrogens with one attached hydrogen (secondary N) is 1. The van der Waals surface area contributed by atoms with E-state index < -0.39 is 11.6 Å². The smallest absolute Gasteiger partial charge is 0.385 e. The minimum atomic E-state index is -0.478. The molecule has 1 aromatic carbocycles. The lowest BCUT2D eigenvalue weighted by molar-refractivity contribution is -0.155. The molecule has 4 heteroatoms. The topological polar surface area (TPSA) is 38.3 Å². The Labute approximate surface area is 131 Å². The summed E-state index contributed by atoms with van der Waals surface area (Å²) in [5.41, 5.74) is 0.268. The summed E-state index contributed by atoms with van der Waals surface area (Å²) in [5, 5.41) is 3.96. The summed E-state index contributed by atoms with van der Waals surface area (Å²) in [6.07, 6.45) is 2.04. The SMILES string of the molecule is CC(C)(OC(=O)C#Cc1ccc(Cl)cc1)C1CCNCC1. The molecule has 0 unspecified atom stereocenters. The fourth-order valence-corrected chi connectivity index (χ4v) is 2.65. The molecule has 1 N–H and O–H groups in total. The number of hydrogen-bond donors (Lipinski definition) is 1. The van der Waals surface area contributed by atoms with Crippen molar-refractivity contribution >= 4 is 17.6 Å². The molecule has 0 radical (unpaired) electrons. The quantitative estimate of drug-likeness (QED) is 0.674. The predicted octanol–water partition coefficient (Wildman–Crippen LogP) is 3.01. The number of rotatable bonds is 2. The molecule has 1 aromatic rings. The van der Waals surface area contributed by atoms with Gasteiger partial charge in [0.05, 0.1) is 0 Å². The van der Waals surface area contributed by atoms with E-state index in [-0.39, 0.29) is 0 Å². The maximum Gasteiger partial charge on any atom is 0.385 e. The molecular weight excluding hydrogens is 286 g/mol. The first-order chi connectivity index (χ1) is 9.97. The van der Waals surface area contributed by atoms with Crippen LogP contribution in [0.4, 0.5) is 0 Å². The predicted molar refractivity (Wildman–Crippen MR) is 84.1 cm³/mol. The first-order valence-corrected chi connectivity index (χ1v) is 7.56. The minimum Gasteiger partial charge on any atom is -0.450 e. The number of carbonyl (C=O) groups excluding carboxylic acids is 1. The van der Waals surface area contributed by atoms with Crippen LogP contribution in [-0.2, 0) is 9.53 Å². The summed E-state index contributed by atoms with van der Waals surface area (Å²) in [6, 6.07) is 7.05. The Morgan fingerprint density at radius 3 is 2.52 bits per heavy atom. The van der Waals surface area contributed by atoms with E-state index in [0.29, 0.717) is 10.9 Å². The Morgan fingerprint density at radius 2 is 1.90 bits per heavy atom. The highest BCUT2D eigenvalue weighted by atomic mass is 35.5. The van der Waals surface area contributed by atoms with E-state index in [0.717, 1.165) is 31.5 Å². The number of hydrogen-bond acceptors (Lipinski definition) is 3. The molecule has 0 aromatic heterocycles. The summed E-state index contributed by atoms with van der Waals surface area (Å²) < 4.78 is 5.56. The van der Waals surface area contributed by atoms with Crippen molar-refractivity contribution in [1.29, 1.82) is 0 Å². The van der Waals surface area contributed by atoms with Gasteiger partial charge in [-0.1, -0.05) is 17.5 Å². The highest BCUT2D eigenvalue weighted by Gasteiger charge is 2.33. The van der Waals surface area contributed by atoms with Crippen molar-refractivity contribution in [2.75, 3.05) is 13.1 Å². The average Bonchev–Trinajstić information content (AvgIpc) is 2.47. The fraction of sp³-hybridized carbons (Fsp3) is 0.471. The van der Waals surface area contributed by atoms with E-state index in [9.17, 15) is 4.79 Å². The van der Waals surface area contributed by atoms with Crippen LogP contribution in [0.3, 0.4) is 0 Å². The number of benzene rings is 1. The first kappa shape index (κ1) is 15.9. The average molecular weight is 306 g/mol. The van der Waals surface area contributed by atoms with E-state index in [1.54, 1.807) is 24.3 Å². The summed E-state index contributed by atoms with van der Waals surface area (Å²) >= 11 is 5.80. The van der Waals surface area contributed by atoms with Crippen LogP contribution < -0.4 is 5.32 Å². The lowest BCUT2D eigenvalue weighted by Gasteiger charge is -2.36. The fourth-order valence-electron chi connectivity index (χ4n) is 2.52. The van der Waals surface area contributed by atoms with Gasteiger partial charge in [0.15, 0.2) is 0 Å². The molecule has 21 heavy (non-hydrogen) atoms. The zero-order valence-corrected chi connectivity index (χ0v) is 13.2. The molecule has 0 saturated carbocycles. The van der Waals surface area contributed by atoms with Crippen LogP contribution in [0.15, 0.2) is 24.3 Å². The molecule has 1 aliphatic rings. The number of ether oxygens (including phenoxy) is 1. The van der Waals surface area contributed by atoms with Crippen molar-refractivity contribution in [3.63, 3.8) is 0 Å². The number of esters is 1. The van der Waals surface area contributed by atoms with E-state index in [1.807, 2.05) is 13.8 Å². The van der Waals surface area contributed by atoms with Crippen molar-refractivity contribution in [3.8, 4) is 11.8 Å². The van der Waals surface area contributed by atoms with Gasteiger partial charge >= 0.3 is 5.97 Å². The number of carbonyl (C=O) groups is 1. The zero-order valence-electron chi connectivity index (χ0n) is 12.4. The summed E-state index contributed by atoms with van der Waals surface area (Å²) in [5.74, 6) is 5.24. The third kappa shape index (κ3) is 4.77. The first-order valence-electron chi connectivity index (χ1n) is 7.19. The third-order valence-corrected chi connectivity index (χ3v) is 4.08. The summed E-state index contributed by atoms with van der Waals surface area (Å²) in [4.78, 5) is 11.9. The molecule has 112 valence electrons. The molecule has 1 saturated heterocycles. The standard InChI is InChI=1S/C17H20ClNO2/c1-17(2,14-9-11-19-12-10-14)21-16(20)8-5-13-3-6-15(18)7-4-13/h3-4,6-7,14,19H,9-12H2,1-2H3. The number of piperidine rings is 1. The largest absolute Gasteiger partial charge is 0.450 e. The zero-order chi connectivity index (χ0) is 15.3. The summed E-state index contributed by atoms with van der Waals surface area (Å²) in [6.45, 7) is 5.87. The Kier molecular flexibility index (Phi) is 5.27.